The van der Waals surface area contributed by atoms with Gasteiger partial charge in [0.25, 0.3) is 0 Å². The zero-order chi connectivity index (χ0) is 15.0. The van der Waals surface area contributed by atoms with E-state index < -0.39 is 0 Å². The monoisotopic (exact) mass is 423 g/mol. The highest BCUT2D eigenvalue weighted by molar-refractivity contribution is 9.11. The molecule has 0 saturated heterocycles. The Morgan fingerprint density at radius 1 is 1.05 bits per heavy atom. The van der Waals surface area contributed by atoms with Gasteiger partial charge in [-0.15, -0.1) is 11.3 Å². The van der Waals surface area contributed by atoms with E-state index >= 15 is 0 Å². The minimum atomic E-state index is 0.183. The minimum Gasteiger partial charge on any atom is -0.309 e. The van der Waals surface area contributed by atoms with Gasteiger partial charge < -0.3 is 5.32 Å². The van der Waals surface area contributed by atoms with E-state index in [4.69, 9.17) is 0 Å². The van der Waals surface area contributed by atoms with Crippen LogP contribution in [-0.4, -0.2) is 7.05 Å². The van der Waals surface area contributed by atoms with Gasteiger partial charge in [0.05, 0.1) is 6.04 Å². The van der Waals surface area contributed by atoms with Crippen LogP contribution in [0.1, 0.15) is 22.7 Å². The van der Waals surface area contributed by atoms with Crippen molar-refractivity contribution in [2.24, 2.45) is 0 Å². The first kappa shape index (κ1) is 15.2. The van der Waals surface area contributed by atoms with Gasteiger partial charge in [-0.05, 0) is 63.9 Å². The van der Waals surface area contributed by atoms with Crippen molar-refractivity contribution < 1.29 is 0 Å². The van der Waals surface area contributed by atoms with Crippen LogP contribution in [-0.2, 0) is 0 Å². The normalized spacial score (nSPS) is 12.8. The molecule has 2 aromatic carbocycles. The average molecular weight is 425 g/mol. The molecule has 0 aliphatic rings. The molecule has 0 amide bonds. The quantitative estimate of drug-likeness (QED) is 0.540. The summed E-state index contributed by atoms with van der Waals surface area (Å²) in [6, 6.07) is 13.1. The van der Waals surface area contributed by atoms with Crippen molar-refractivity contribution in [2.75, 3.05) is 7.05 Å². The first-order valence-electron chi connectivity index (χ1n) is 6.70. The van der Waals surface area contributed by atoms with Gasteiger partial charge in [0, 0.05) is 13.6 Å². The van der Waals surface area contributed by atoms with Crippen molar-refractivity contribution in [1.29, 1.82) is 0 Å². The molecule has 0 bridgehead atoms. The summed E-state index contributed by atoms with van der Waals surface area (Å²) >= 11 is 9.12. The maximum atomic E-state index is 3.69. The fourth-order valence-corrected chi connectivity index (χ4v) is 4.75. The van der Waals surface area contributed by atoms with E-state index in [1.165, 1.54) is 26.8 Å². The highest BCUT2D eigenvalue weighted by atomic mass is 79.9. The van der Waals surface area contributed by atoms with E-state index in [9.17, 15) is 0 Å². The van der Waals surface area contributed by atoms with E-state index in [0.717, 1.165) is 8.95 Å². The largest absolute Gasteiger partial charge is 0.309 e. The molecule has 0 saturated carbocycles. The second-order valence-corrected chi connectivity index (χ2v) is 7.64. The fraction of sp³-hybridized carbons (Fsp3) is 0.176. The van der Waals surface area contributed by atoms with Gasteiger partial charge in [-0.2, -0.15) is 0 Å². The molecule has 21 heavy (non-hydrogen) atoms. The molecule has 1 N–H and O–H groups in total. The molecule has 0 aliphatic carbocycles. The lowest BCUT2D eigenvalue weighted by molar-refractivity contribution is 0.695. The second kappa shape index (κ2) is 6.21. The summed E-state index contributed by atoms with van der Waals surface area (Å²) in [7, 11) is 2.01. The topological polar surface area (TPSA) is 12.0 Å². The molecular weight excluding hydrogens is 410 g/mol. The van der Waals surface area contributed by atoms with Crippen LogP contribution < -0.4 is 5.32 Å². The predicted octanol–water partition coefficient (Wildman–Crippen LogP) is 6.04. The number of fused-ring (bicyclic) bond motifs is 1. The number of halogens is 2. The molecule has 0 aliphatic heterocycles. The third-order valence-corrected chi connectivity index (χ3v) is 6.34. The smallest absolute Gasteiger partial charge is 0.0599 e. The molecule has 0 radical (unpaired) electrons. The first-order valence-corrected chi connectivity index (χ1v) is 9.17. The van der Waals surface area contributed by atoms with Gasteiger partial charge in [-0.25, -0.2) is 0 Å². The Kier molecular flexibility index (Phi) is 4.50. The van der Waals surface area contributed by atoms with Crippen molar-refractivity contribution in [3.05, 3.63) is 67.4 Å². The predicted molar refractivity (Wildman–Crippen MR) is 99.3 cm³/mol. The van der Waals surface area contributed by atoms with Crippen LogP contribution in [0.2, 0.25) is 0 Å². The summed E-state index contributed by atoms with van der Waals surface area (Å²) in [5.41, 5.74) is 3.87. The van der Waals surface area contributed by atoms with Crippen LogP contribution in [0.3, 0.4) is 0 Å². The van der Waals surface area contributed by atoms with E-state index in [2.05, 4.69) is 85.9 Å². The van der Waals surface area contributed by atoms with Crippen molar-refractivity contribution >= 4 is 53.3 Å². The molecule has 1 heterocycles. The molecule has 4 heteroatoms. The lowest BCUT2D eigenvalue weighted by Crippen LogP contribution is -2.18. The van der Waals surface area contributed by atoms with Gasteiger partial charge in [0.15, 0.2) is 0 Å². The molecule has 108 valence electrons. The molecule has 1 unspecified atom stereocenters. The molecule has 0 spiro atoms. The van der Waals surface area contributed by atoms with Gasteiger partial charge in [-0.1, -0.05) is 45.8 Å². The zero-order valence-corrected chi connectivity index (χ0v) is 15.8. The maximum Gasteiger partial charge on any atom is 0.0599 e. The van der Waals surface area contributed by atoms with Crippen LogP contribution in [0.25, 0.3) is 10.1 Å². The summed E-state index contributed by atoms with van der Waals surface area (Å²) in [6.45, 7) is 2.13. The van der Waals surface area contributed by atoms with Gasteiger partial charge >= 0.3 is 0 Å². The lowest BCUT2D eigenvalue weighted by atomic mass is 9.97. The highest BCUT2D eigenvalue weighted by Gasteiger charge is 2.19. The number of nitrogens with one attached hydrogen (secondary N) is 1. The van der Waals surface area contributed by atoms with Crippen molar-refractivity contribution in [1.82, 2.24) is 5.32 Å². The first-order chi connectivity index (χ1) is 10.1. The number of hydrogen-bond acceptors (Lipinski definition) is 2. The third-order valence-electron chi connectivity index (χ3n) is 3.64. The molecule has 1 aromatic heterocycles. The Labute approximate surface area is 145 Å². The molecule has 3 aromatic rings. The summed E-state index contributed by atoms with van der Waals surface area (Å²) < 4.78 is 3.60. The standard InChI is InChI=1S/C17H15Br2NS/c1-10-6-7-14(18)12(8-10)16(20-2)13-9-21-17-11(13)4-3-5-15(17)19/h3-9,16,20H,1-2H3. The molecule has 0 fully saturated rings. The number of rotatable bonds is 3. The molecule has 1 nitrogen and oxygen atoms in total. The van der Waals surface area contributed by atoms with E-state index in [1.54, 1.807) is 11.3 Å². The van der Waals surface area contributed by atoms with Crippen LogP contribution >= 0.6 is 43.2 Å². The number of hydrogen-bond donors (Lipinski definition) is 1. The molecule has 3 rings (SSSR count). The summed E-state index contributed by atoms with van der Waals surface area (Å²) in [6.07, 6.45) is 0. The van der Waals surface area contributed by atoms with Crippen molar-refractivity contribution in [2.45, 2.75) is 13.0 Å². The zero-order valence-electron chi connectivity index (χ0n) is 11.8. The third kappa shape index (κ3) is 2.82. The van der Waals surface area contributed by atoms with Crippen LogP contribution in [0.15, 0.2) is 50.7 Å². The highest BCUT2D eigenvalue weighted by Crippen LogP contribution is 2.38. The second-order valence-electron chi connectivity index (χ2n) is 5.05. The van der Waals surface area contributed by atoms with Crippen molar-refractivity contribution in [3.8, 4) is 0 Å². The summed E-state index contributed by atoms with van der Waals surface area (Å²) in [4.78, 5) is 0. The van der Waals surface area contributed by atoms with Gasteiger partial charge in [-0.3, -0.25) is 0 Å². The minimum absolute atomic E-state index is 0.183. The SMILES string of the molecule is CNC(c1cc(C)ccc1Br)c1csc2c(Br)cccc12. The Bertz CT molecular complexity index is 795. The fourth-order valence-electron chi connectivity index (χ4n) is 2.63. The van der Waals surface area contributed by atoms with E-state index in [1.807, 2.05) is 7.05 Å². The number of thiophene rings is 1. The Balaban J connectivity index is 2.19. The Morgan fingerprint density at radius 3 is 2.62 bits per heavy atom. The van der Waals surface area contributed by atoms with Crippen molar-refractivity contribution in [3.63, 3.8) is 0 Å². The van der Waals surface area contributed by atoms with E-state index in [0.29, 0.717) is 0 Å². The summed E-state index contributed by atoms with van der Waals surface area (Å²) in [5, 5.41) is 7.02. The molecule has 1 atom stereocenters. The van der Waals surface area contributed by atoms with Crippen LogP contribution in [0, 0.1) is 6.92 Å². The van der Waals surface area contributed by atoms with Gasteiger partial charge in [0.2, 0.25) is 0 Å². The van der Waals surface area contributed by atoms with Gasteiger partial charge in [0.1, 0.15) is 0 Å². The average Bonchev–Trinajstić information content (AvgIpc) is 2.89. The van der Waals surface area contributed by atoms with E-state index in [-0.39, 0.29) is 6.04 Å². The lowest BCUT2D eigenvalue weighted by Gasteiger charge is -2.19. The Hall–Kier alpha value is -0.680. The molecular formula is C17H15Br2NS. The number of aryl methyl sites for hydroxylation is 1. The van der Waals surface area contributed by atoms with Crippen LogP contribution in [0.4, 0.5) is 0 Å². The van der Waals surface area contributed by atoms with Crippen LogP contribution in [0.5, 0.6) is 0 Å². The summed E-state index contributed by atoms with van der Waals surface area (Å²) in [5.74, 6) is 0. The maximum absolute atomic E-state index is 3.69. The number of benzene rings is 2. The Morgan fingerprint density at radius 2 is 1.86 bits per heavy atom.